The molecular formula is C11H9NO2. The lowest BCUT2D eigenvalue weighted by Crippen LogP contribution is -1.98. The van der Waals surface area contributed by atoms with Crippen molar-refractivity contribution >= 4 is 5.97 Å². The highest BCUT2D eigenvalue weighted by molar-refractivity contribution is 5.88. The van der Waals surface area contributed by atoms with Gasteiger partial charge in [0.2, 0.25) is 0 Å². The summed E-state index contributed by atoms with van der Waals surface area (Å²) in [6.07, 6.45) is 2.21. The molecule has 1 fully saturated rings. The maximum atomic E-state index is 10.8. The minimum Gasteiger partial charge on any atom is -0.478 e. The number of hydrogen-bond acceptors (Lipinski definition) is 2. The van der Waals surface area contributed by atoms with Crippen molar-refractivity contribution in [3.8, 4) is 6.07 Å². The average molecular weight is 187 g/mol. The van der Waals surface area contributed by atoms with Gasteiger partial charge in [0.25, 0.3) is 0 Å². The summed E-state index contributed by atoms with van der Waals surface area (Å²) in [6.45, 7) is 0. The number of benzene rings is 1. The highest BCUT2D eigenvalue weighted by Crippen LogP contribution is 2.40. The van der Waals surface area contributed by atoms with Gasteiger partial charge in [-0.3, -0.25) is 0 Å². The van der Waals surface area contributed by atoms with E-state index in [0.717, 1.165) is 18.4 Å². The standard InChI is InChI=1S/C11H9NO2/c12-6-7-3-9(8-1-2-8)5-10(4-7)11(13)14/h3-5,8H,1-2H2,(H,13,14). The van der Waals surface area contributed by atoms with Gasteiger partial charge in [-0.1, -0.05) is 0 Å². The van der Waals surface area contributed by atoms with Crippen LogP contribution in [0, 0.1) is 11.3 Å². The van der Waals surface area contributed by atoms with Crippen molar-refractivity contribution in [2.24, 2.45) is 0 Å². The number of carboxylic acids is 1. The van der Waals surface area contributed by atoms with E-state index in [0.29, 0.717) is 11.5 Å². The Labute approximate surface area is 81.6 Å². The average Bonchev–Trinajstić information content (AvgIpc) is 3.00. The van der Waals surface area contributed by atoms with Crippen LogP contribution in [0.15, 0.2) is 18.2 Å². The van der Waals surface area contributed by atoms with Gasteiger partial charge in [-0.25, -0.2) is 4.79 Å². The lowest BCUT2D eigenvalue weighted by Gasteiger charge is -2.01. The Kier molecular flexibility index (Phi) is 1.97. The van der Waals surface area contributed by atoms with E-state index in [9.17, 15) is 4.79 Å². The molecule has 3 heteroatoms. The molecule has 0 radical (unpaired) electrons. The van der Waals surface area contributed by atoms with Crippen molar-refractivity contribution in [1.29, 1.82) is 5.26 Å². The molecule has 2 rings (SSSR count). The first-order valence-electron chi connectivity index (χ1n) is 4.49. The summed E-state index contributed by atoms with van der Waals surface area (Å²) >= 11 is 0. The molecule has 0 bridgehead atoms. The molecule has 3 nitrogen and oxygen atoms in total. The Hall–Kier alpha value is -1.82. The molecule has 1 aromatic rings. The zero-order valence-corrected chi connectivity index (χ0v) is 7.53. The van der Waals surface area contributed by atoms with E-state index in [4.69, 9.17) is 10.4 Å². The Morgan fingerprint density at radius 1 is 1.43 bits per heavy atom. The first-order valence-corrected chi connectivity index (χ1v) is 4.49. The number of nitriles is 1. The van der Waals surface area contributed by atoms with E-state index in [2.05, 4.69) is 0 Å². The molecular weight excluding hydrogens is 178 g/mol. The first kappa shape index (κ1) is 8.76. The maximum absolute atomic E-state index is 10.8. The second-order valence-electron chi connectivity index (χ2n) is 3.53. The van der Waals surface area contributed by atoms with E-state index in [-0.39, 0.29) is 5.56 Å². The summed E-state index contributed by atoms with van der Waals surface area (Å²) in [5.74, 6) is -0.495. The van der Waals surface area contributed by atoms with Crippen LogP contribution in [0.25, 0.3) is 0 Å². The predicted octanol–water partition coefficient (Wildman–Crippen LogP) is 2.13. The van der Waals surface area contributed by atoms with Crippen molar-refractivity contribution in [2.75, 3.05) is 0 Å². The number of carbonyl (C=O) groups is 1. The monoisotopic (exact) mass is 187 g/mol. The molecule has 0 aliphatic heterocycles. The quantitative estimate of drug-likeness (QED) is 0.771. The van der Waals surface area contributed by atoms with E-state index >= 15 is 0 Å². The molecule has 0 atom stereocenters. The smallest absolute Gasteiger partial charge is 0.335 e. The number of carboxylic acid groups (broad SMARTS) is 1. The summed E-state index contributed by atoms with van der Waals surface area (Å²) < 4.78 is 0. The second-order valence-corrected chi connectivity index (χ2v) is 3.53. The molecule has 0 unspecified atom stereocenters. The van der Waals surface area contributed by atoms with Gasteiger partial charge in [0.15, 0.2) is 0 Å². The molecule has 0 saturated heterocycles. The van der Waals surface area contributed by atoms with Gasteiger partial charge in [0.05, 0.1) is 17.2 Å². The fraction of sp³-hybridized carbons (Fsp3) is 0.273. The zero-order valence-electron chi connectivity index (χ0n) is 7.53. The van der Waals surface area contributed by atoms with Gasteiger partial charge in [-0.05, 0) is 42.5 Å². The van der Waals surface area contributed by atoms with Gasteiger partial charge in [-0.2, -0.15) is 5.26 Å². The van der Waals surface area contributed by atoms with Gasteiger partial charge < -0.3 is 5.11 Å². The summed E-state index contributed by atoms with van der Waals surface area (Å²) in [5, 5.41) is 17.5. The fourth-order valence-corrected chi connectivity index (χ4v) is 1.49. The second kappa shape index (κ2) is 3.15. The third kappa shape index (κ3) is 1.60. The molecule has 1 N–H and O–H groups in total. The first-order chi connectivity index (χ1) is 6.70. The van der Waals surface area contributed by atoms with Crippen LogP contribution < -0.4 is 0 Å². The Bertz CT molecular complexity index is 427. The lowest BCUT2D eigenvalue weighted by atomic mass is 10.0. The number of nitrogens with zero attached hydrogens (tertiary/aromatic N) is 1. The lowest BCUT2D eigenvalue weighted by molar-refractivity contribution is 0.0696. The van der Waals surface area contributed by atoms with E-state index in [1.165, 1.54) is 6.07 Å². The third-order valence-corrected chi connectivity index (χ3v) is 2.38. The van der Waals surface area contributed by atoms with Gasteiger partial charge in [-0.15, -0.1) is 0 Å². The summed E-state index contributed by atoms with van der Waals surface area (Å²) in [5.41, 5.74) is 1.64. The summed E-state index contributed by atoms with van der Waals surface area (Å²) in [7, 11) is 0. The van der Waals surface area contributed by atoms with Crippen molar-refractivity contribution in [1.82, 2.24) is 0 Å². The van der Waals surface area contributed by atoms with Crippen LogP contribution >= 0.6 is 0 Å². The van der Waals surface area contributed by atoms with Crippen LogP contribution in [0.4, 0.5) is 0 Å². The summed E-state index contributed by atoms with van der Waals surface area (Å²) in [4.78, 5) is 10.8. The predicted molar refractivity (Wildman–Crippen MR) is 50.1 cm³/mol. The molecule has 1 saturated carbocycles. The highest BCUT2D eigenvalue weighted by atomic mass is 16.4. The molecule has 0 heterocycles. The number of rotatable bonds is 2. The largest absolute Gasteiger partial charge is 0.478 e. The van der Waals surface area contributed by atoms with Crippen LogP contribution in [-0.2, 0) is 0 Å². The molecule has 1 aliphatic rings. The molecule has 0 amide bonds. The molecule has 70 valence electrons. The number of aromatic carboxylic acids is 1. The van der Waals surface area contributed by atoms with Crippen molar-refractivity contribution in [3.63, 3.8) is 0 Å². The minimum atomic E-state index is -0.969. The van der Waals surface area contributed by atoms with Crippen LogP contribution in [-0.4, -0.2) is 11.1 Å². The minimum absolute atomic E-state index is 0.214. The molecule has 0 aromatic heterocycles. The normalized spacial score (nSPS) is 14.8. The highest BCUT2D eigenvalue weighted by Gasteiger charge is 2.24. The van der Waals surface area contributed by atoms with Crippen molar-refractivity contribution in [2.45, 2.75) is 18.8 Å². The topological polar surface area (TPSA) is 61.1 Å². The zero-order chi connectivity index (χ0) is 10.1. The van der Waals surface area contributed by atoms with Crippen LogP contribution in [0.5, 0.6) is 0 Å². The van der Waals surface area contributed by atoms with Crippen LogP contribution in [0.3, 0.4) is 0 Å². The van der Waals surface area contributed by atoms with Gasteiger partial charge in [0.1, 0.15) is 0 Å². The Morgan fingerprint density at radius 3 is 2.64 bits per heavy atom. The van der Waals surface area contributed by atoms with Crippen LogP contribution in [0.1, 0.15) is 40.2 Å². The van der Waals surface area contributed by atoms with E-state index in [1.807, 2.05) is 6.07 Å². The maximum Gasteiger partial charge on any atom is 0.335 e. The summed E-state index contributed by atoms with van der Waals surface area (Å²) in [6, 6.07) is 6.84. The SMILES string of the molecule is N#Cc1cc(C(=O)O)cc(C2CC2)c1. The fourth-order valence-electron chi connectivity index (χ4n) is 1.49. The van der Waals surface area contributed by atoms with Crippen molar-refractivity contribution < 1.29 is 9.90 Å². The van der Waals surface area contributed by atoms with Crippen molar-refractivity contribution in [3.05, 3.63) is 34.9 Å². The van der Waals surface area contributed by atoms with Gasteiger partial charge in [0, 0.05) is 0 Å². The molecule has 14 heavy (non-hydrogen) atoms. The third-order valence-electron chi connectivity index (χ3n) is 2.38. The molecule has 1 aliphatic carbocycles. The van der Waals surface area contributed by atoms with Gasteiger partial charge >= 0.3 is 5.97 Å². The van der Waals surface area contributed by atoms with Crippen LogP contribution in [0.2, 0.25) is 0 Å². The Balaban J connectivity index is 2.47. The molecule has 0 spiro atoms. The van der Waals surface area contributed by atoms with E-state index < -0.39 is 5.97 Å². The molecule has 1 aromatic carbocycles. The number of hydrogen-bond donors (Lipinski definition) is 1. The Morgan fingerprint density at radius 2 is 2.14 bits per heavy atom. The van der Waals surface area contributed by atoms with E-state index in [1.54, 1.807) is 12.1 Å².